The van der Waals surface area contributed by atoms with Gasteiger partial charge < -0.3 is 20.3 Å². The van der Waals surface area contributed by atoms with Crippen LogP contribution in [0.4, 0.5) is 5.69 Å². The van der Waals surface area contributed by atoms with Crippen molar-refractivity contribution in [2.75, 3.05) is 37.5 Å². The van der Waals surface area contributed by atoms with Crippen molar-refractivity contribution in [2.24, 2.45) is 0 Å². The van der Waals surface area contributed by atoms with E-state index in [4.69, 9.17) is 16.3 Å². The van der Waals surface area contributed by atoms with Crippen LogP contribution in [0.3, 0.4) is 0 Å². The topological polar surface area (TPSA) is 70.7 Å². The Balaban J connectivity index is 1.55. The van der Waals surface area contributed by atoms with Crippen LogP contribution in [0.15, 0.2) is 36.0 Å². The molecule has 2 aliphatic heterocycles. The highest BCUT2D eigenvalue weighted by atomic mass is 35.5. The Bertz CT molecular complexity index is 684. The number of benzene rings is 1. The maximum absolute atomic E-state index is 12.5. The average molecular weight is 392 g/mol. The molecule has 2 amide bonds. The second kappa shape index (κ2) is 9.76. The summed E-state index contributed by atoms with van der Waals surface area (Å²) in [5.41, 5.74) is 2.54. The number of nitrogens with zero attached hydrogens (tertiary/aromatic N) is 1. The molecule has 0 saturated carbocycles. The normalized spacial score (nSPS) is 20.0. The molecular weight excluding hydrogens is 366 g/mol. The summed E-state index contributed by atoms with van der Waals surface area (Å²) in [6, 6.07) is 7.61. The first-order valence-electron chi connectivity index (χ1n) is 9.47. The zero-order valence-corrected chi connectivity index (χ0v) is 16.1. The van der Waals surface area contributed by atoms with Gasteiger partial charge in [0.25, 0.3) is 5.91 Å². The third kappa shape index (κ3) is 5.47. The lowest BCUT2D eigenvalue weighted by molar-refractivity contribution is -0.121. The van der Waals surface area contributed by atoms with Crippen molar-refractivity contribution in [1.29, 1.82) is 0 Å². The highest BCUT2D eigenvalue weighted by Gasteiger charge is 2.26. The van der Waals surface area contributed by atoms with Gasteiger partial charge in [-0.2, -0.15) is 0 Å². The van der Waals surface area contributed by atoms with Crippen LogP contribution >= 0.6 is 11.6 Å². The van der Waals surface area contributed by atoms with Gasteiger partial charge in [-0.1, -0.05) is 18.2 Å². The maximum atomic E-state index is 12.5. The Labute approximate surface area is 164 Å². The second-order valence-electron chi connectivity index (χ2n) is 6.77. The number of morpholine rings is 1. The Hall–Kier alpha value is -2.05. The van der Waals surface area contributed by atoms with Crippen molar-refractivity contribution in [3.63, 3.8) is 0 Å². The van der Waals surface area contributed by atoms with Crippen LogP contribution in [-0.4, -0.2) is 48.9 Å². The number of anilines is 1. The Morgan fingerprint density at radius 3 is 2.63 bits per heavy atom. The highest BCUT2D eigenvalue weighted by Crippen LogP contribution is 2.25. The van der Waals surface area contributed by atoms with E-state index < -0.39 is 0 Å². The predicted octanol–water partition coefficient (Wildman–Crippen LogP) is 2.81. The molecule has 2 N–H and O–H groups in total. The van der Waals surface area contributed by atoms with Crippen molar-refractivity contribution in [2.45, 2.75) is 31.7 Å². The molecule has 6 nitrogen and oxygen atoms in total. The molecule has 0 bridgehead atoms. The molecule has 1 aromatic rings. The molecule has 2 aliphatic rings. The number of rotatable bonds is 7. The summed E-state index contributed by atoms with van der Waals surface area (Å²) >= 11 is 5.63. The van der Waals surface area contributed by atoms with Crippen LogP contribution in [0.5, 0.6) is 0 Å². The van der Waals surface area contributed by atoms with Gasteiger partial charge >= 0.3 is 0 Å². The summed E-state index contributed by atoms with van der Waals surface area (Å²) in [6.07, 6.45) is 4.88. The fourth-order valence-corrected chi connectivity index (χ4v) is 3.50. The van der Waals surface area contributed by atoms with Gasteiger partial charge in [-0.25, -0.2) is 0 Å². The van der Waals surface area contributed by atoms with Crippen molar-refractivity contribution in [1.82, 2.24) is 10.2 Å². The number of nitrogens with one attached hydrogen (secondary N) is 2. The van der Waals surface area contributed by atoms with Gasteiger partial charge in [-0.15, -0.1) is 11.6 Å². The van der Waals surface area contributed by atoms with Crippen molar-refractivity contribution in [3.05, 3.63) is 41.6 Å². The van der Waals surface area contributed by atoms with E-state index in [1.807, 2.05) is 30.3 Å². The number of amides is 2. The van der Waals surface area contributed by atoms with Crippen LogP contribution in [-0.2, 0) is 14.3 Å². The Morgan fingerprint density at radius 1 is 1.22 bits per heavy atom. The minimum atomic E-state index is -0.0456. The molecule has 1 saturated heterocycles. The molecule has 2 heterocycles. The first-order valence-corrected chi connectivity index (χ1v) is 10.0. The number of carbonyl (C=O) groups excluding carboxylic acids is 2. The van der Waals surface area contributed by atoms with Crippen LogP contribution in [0.2, 0.25) is 0 Å². The van der Waals surface area contributed by atoms with E-state index in [0.717, 1.165) is 49.3 Å². The van der Waals surface area contributed by atoms with Gasteiger partial charge in [0.05, 0.1) is 25.0 Å². The van der Waals surface area contributed by atoms with E-state index in [1.165, 1.54) is 0 Å². The third-order valence-corrected chi connectivity index (χ3v) is 5.09. The lowest BCUT2D eigenvalue weighted by Crippen LogP contribution is -2.44. The minimum Gasteiger partial charge on any atom is -0.378 e. The van der Waals surface area contributed by atoms with E-state index in [2.05, 4.69) is 15.5 Å². The number of unbranched alkanes of at least 4 members (excludes halogenated alkanes) is 1. The lowest BCUT2D eigenvalue weighted by Gasteiger charge is -2.33. The summed E-state index contributed by atoms with van der Waals surface area (Å²) in [7, 11) is 0. The predicted molar refractivity (Wildman–Crippen MR) is 106 cm³/mol. The third-order valence-electron chi connectivity index (χ3n) is 4.82. The molecule has 1 aromatic carbocycles. The van der Waals surface area contributed by atoms with E-state index in [-0.39, 0.29) is 17.9 Å². The second-order valence-corrected chi connectivity index (χ2v) is 7.14. The molecule has 3 rings (SSSR count). The highest BCUT2D eigenvalue weighted by molar-refractivity contribution is 6.17. The molecule has 27 heavy (non-hydrogen) atoms. The van der Waals surface area contributed by atoms with Crippen molar-refractivity contribution < 1.29 is 14.3 Å². The van der Waals surface area contributed by atoms with Gasteiger partial charge in [0, 0.05) is 31.1 Å². The monoisotopic (exact) mass is 391 g/mol. The first-order chi connectivity index (χ1) is 13.2. The number of carbonyl (C=O) groups is 2. The van der Waals surface area contributed by atoms with Crippen LogP contribution in [0.1, 0.15) is 37.3 Å². The summed E-state index contributed by atoms with van der Waals surface area (Å²) in [4.78, 5) is 26.4. The maximum Gasteiger partial charge on any atom is 0.267 e. The summed E-state index contributed by atoms with van der Waals surface area (Å²) in [5.74, 6) is 0.540. The Kier molecular flexibility index (Phi) is 7.12. The molecule has 146 valence electrons. The minimum absolute atomic E-state index is 0.00285. The number of hydrogen-bond donors (Lipinski definition) is 2. The molecule has 1 fully saturated rings. The first kappa shape index (κ1) is 19.7. The number of alkyl halides is 1. The average Bonchev–Trinajstić information content (AvgIpc) is 2.69. The molecule has 0 aliphatic carbocycles. The van der Waals surface area contributed by atoms with Crippen LogP contribution in [0, 0.1) is 0 Å². The van der Waals surface area contributed by atoms with Crippen LogP contribution < -0.4 is 10.6 Å². The van der Waals surface area contributed by atoms with E-state index >= 15 is 0 Å². The number of hydrogen-bond acceptors (Lipinski definition) is 4. The summed E-state index contributed by atoms with van der Waals surface area (Å²) < 4.78 is 5.35. The summed E-state index contributed by atoms with van der Waals surface area (Å²) in [5, 5.41) is 5.98. The molecule has 0 aromatic heterocycles. The molecule has 1 atom stereocenters. The van der Waals surface area contributed by atoms with E-state index in [9.17, 15) is 9.59 Å². The Morgan fingerprint density at radius 2 is 1.96 bits per heavy atom. The SMILES string of the molecule is O=C(CCCCCl)Nc1ccc(C2CC=C(N3CCOCC3)C(=O)N2)cc1. The van der Waals surface area contributed by atoms with Gasteiger partial charge in [0.1, 0.15) is 0 Å². The lowest BCUT2D eigenvalue weighted by atomic mass is 9.99. The zero-order chi connectivity index (χ0) is 19.1. The number of halogens is 1. The molecule has 0 radical (unpaired) electrons. The van der Waals surface area contributed by atoms with Crippen molar-refractivity contribution in [3.8, 4) is 0 Å². The van der Waals surface area contributed by atoms with E-state index in [1.54, 1.807) is 0 Å². The fourth-order valence-electron chi connectivity index (χ4n) is 3.31. The van der Waals surface area contributed by atoms with E-state index in [0.29, 0.717) is 25.5 Å². The largest absolute Gasteiger partial charge is 0.378 e. The van der Waals surface area contributed by atoms with Crippen molar-refractivity contribution >= 4 is 29.1 Å². The molecular formula is C20H26ClN3O3. The molecule has 1 unspecified atom stereocenters. The zero-order valence-electron chi connectivity index (χ0n) is 15.4. The molecule has 7 heteroatoms. The smallest absolute Gasteiger partial charge is 0.267 e. The molecule has 0 spiro atoms. The van der Waals surface area contributed by atoms with Gasteiger partial charge in [0.15, 0.2) is 0 Å². The van der Waals surface area contributed by atoms with Crippen LogP contribution in [0.25, 0.3) is 0 Å². The number of ether oxygens (including phenoxy) is 1. The standard InChI is InChI=1S/C20H26ClN3O3/c21-10-2-1-3-19(25)22-16-6-4-15(5-7-16)17-8-9-18(20(26)23-17)24-11-13-27-14-12-24/h4-7,9,17H,1-3,8,10-14H2,(H,22,25)(H,23,26). The quantitative estimate of drug-likeness (QED) is 0.554. The van der Waals surface area contributed by atoms with Gasteiger partial charge in [0.2, 0.25) is 5.91 Å². The van der Waals surface area contributed by atoms with Gasteiger partial charge in [-0.3, -0.25) is 9.59 Å². The summed E-state index contributed by atoms with van der Waals surface area (Å²) in [6.45, 7) is 2.83. The fraction of sp³-hybridized carbons (Fsp3) is 0.500. The van der Waals surface area contributed by atoms with Gasteiger partial charge in [-0.05, 0) is 37.0 Å².